The number of hydrogen-bond donors (Lipinski definition) is 0. The second-order valence-electron chi connectivity index (χ2n) is 5.56. The maximum Gasteiger partial charge on any atom is 0.233 e. The third kappa shape index (κ3) is 3.88. The first-order valence-corrected chi connectivity index (χ1v) is 8.16. The molecule has 0 radical (unpaired) electrons. The number of benzene rings is 1. The molecule has 0 N–H and O–H groups in total. The molecule has 5 nitrogen and oxygen atoms in total. The van der Waals surface area contributed by atoms with Crippen LogP contribution in [0.2, 0.25) is 0 Å². The minimum Gasteiger partial charge on any atom is -0.341 e. The Morgan fingerprint density at radius 2 is 2.00 bits per heavy atom. The van der Waals surface area contributed by atoms with Gasteiger partial charge in [-0.15, -0.1) is 10.2 Å². The maximum absolute atomic E-state index is 12.3. The van der Waals surface area contributed by atoms with E-state index in [0.717, 1.165) is 11.0 Å². The molecule has 1 aromatic heterocycles. The lowest BCUT2D eigenvalue weighted by atomic mass is 10.1. The molecule has 0 saturated heterocycles. The van der Waals surface area contributed by atoms with Crippen molar-refractivity contribution in [3.8, 4) is 0 Å². The number of thioether (sulfide) groups is 1. The number of aromatic nitrogens is 3. The molecule has 1 aromatic carbocycles. The zero-order chi connectivity index (χ0) is 16.3. The smallest absolute Gasteiger partial charge is 0.233 e. The third-order valence-electron chi connectivity index (χ3n) is 3.71. The molecule has 1 heterocycles. The largest absolute Gasteiger partial charge is 0.341 e. The fourth-order valence-electron chi connectivity index (χ4n) is 2.12. The lowest BCUT2D eigenvalue weighted by Crippen LogP contribution is -2.28. The van der Waals surface area contributed by atoms with E-state index in [4.69, 9.17) is 0 Å². The highest BCUT2D eigenvalue weighted by molar-refractivity contribution is 7.99. The SMILES string of the molecule is Cc1ccc(CN(C)C(=O)CSc2nnc(C)n2C)c(C)c1. The summed E-state index contributed by atoms with van der Waals surface area (Å²) in [6, 6.07) is 6.32. The van der Waals surface area contributed by atoms with Gasteiger partial charge in [0.05, 0.1) is 5.75 Å². The van der Waals surface area contributed by atoms with Gasteiger partial charge in [-0.25, -0.2) is 0 Å². The highest BCUT2D eigenvalue weighted by Crippen LogP contribution is 2.17. The van der Waals surface area contributed by atoms with Crippen molar-refractivity contribution in [2.75, 3.05) is 12.8 Å². The predicted octanol–water partition coefficient (Wildman–Crippen LogP) is 2.49. The van der Waals surface area contributed by atoms with Crippen LogP contribution in [0.3, 0.4) is 0 Å². The molecule has 0 bridgehead atoms. The van der Waals surface area contributed by atoms with Crippen LogP contribution in [0.4, 0.5) is 0 Å². The quantitative estimate of drug-likeness (QED) is 0.795. The van der Waals surface area contributed by atoms with E-state index in [1.807, 2.05) is 25.6 Å². The van der Waals surface area contributed by atoms with Crippen molar-refractivity contribution in [3.05, 3.63) is 40.7 Å². The number of carbonyl (C=O) groups excluding carboxylic acids is 1. The molecule has 2 rings (SSSR count). The number of aryl methyl sites for hydroxylation is 3. The summed E-state index contributed by atoms with van der Waals surface area (Å²) in [5.41, 5.74) is 3.64. The molecule has 22 heavy (non-hydrogen) atoms. The Morgan fingerprint density at radius 1 is 1.27 bits per heavy atom. The third-order valence-corrected chi connectivity index (χ3v) is 4.71. The molecule has 0 fully saturated rings. The van der Waals surface area contributed by atoms with E-state index in [-0.39, 0.29) is 5.91 Å². The molecule has 0 aliphatic carbocycles. The average Bonchev–Trinajstić information content (AvgIpc) is 2.79. The first-order chi connectivity index (χ1) is 10.4. The van der Waals surface area contributed by atoms with Crippen LogP contribution in [0.15, 0.2) is 23.4 Å². The lowest BCUT2D eigenvalue weighted by molar-refractivity contribution is -0.127. The number of carbonyl (C=O) groups is 1. The van der Waals surface area contributed by atoms with E-state index in [2.05, 4.69) is 42.2 Å². The number of nitrogens with zero attached hydrogens (tertiary/aromatic N) is 4. The standard InChI is InChI=1S/C16H22N4OS/c1-11-6-7-14(12(2)8-11)9-19(4)15(21)10-22-16-18-17-13(3)20(16)5/h6-8H,9-10H2,1-5H3. The fraction of sp³-hybridized carbons (Fsp3) is 0.438. The number of hydrogen-bond acceptors (Lipinski definition) is 4. The Kier molecular flexibility index (Phi) is 5.24. The van der Waals surface area contributed by atoms with Crippen molar-refractivity contribution in [2.24, 2.45) is 7.05 Å². The topological polar surface area (TPSA) is 51.0 Å². The summed E-state index contributed by atoms with van der Waals surface area (Å²) >= 11 is 1.42. The van der Waals surface area contributed by atoms with Crippen molar-refractivity contribution < 1.29 is 4.79 Å². The second kappa shape index (κ2) is 6.96. The molecule has 2 aromatic rings. The van der Waals surface area contributed by atoms with Gasteiger partial charge in [-0.2, -0.15) is 0 Å². The van der Waals surface area contributed by atoms with E-state index in [1.165, 1.54) is 28.5 Å². The summed E-state index contributed by atoms with van der Waals surface area (Å²) in [7, 11) is 3.74. The van der Waals surface area contributed by atoms with Crippen LogP contribution in [-0.4, -0.2) is 38.4 Å². The first kappa shape index (κ1) is 16.5. The van der Waals surface area contributed by atoms with Gasteiger partial charge >= 0.3 is 0 Å². The molecule has 6 heteroatoms. The van der Waals surface area contributed by atoms with Crippen LogP contribution in [-0.2, 0) is 18.4 Å². The van der Waals surface area contributed by atoms with Crippen molar-refractivity contribution in [1.82, 2.24) is 19.7 Å². The molecule has 0 unspecified atom stereocenters. The predicted molar refractivity (Wildman–Crippen MR) is 88.9 cm³/mol. The molecule has 0 aliphatic rings. The van der Waals surface area contributed by atoms with E-state index >= 15 is 0 Å². The summed E-state index contributed by atoms with van der Waals surface area (Å²) in [5, 5.41) is 8.82. The van der Waals surface area contributed by atoms with Crippen molar-refractivity contribution in [3.63, 3.8) is 0 Å². The molecular formula is C16H22N4OS. The van der Waals surface area contributed by atoms with Gasteiger partial charge in [0.2, 0.25) is 5.91 Å². The summed E-state index contributed by atoms with van der Waals surface area (Å²) in [6.07, 6.45) is 0. The van der Waals surface area contributed by atoms with Gasteiger partial charge in [0.15, 0.2) is 5.16 Å². The van der Waals surface area contributed by atoms with Crippen LogP contribution in [0, 0.1) is 20.8 Å². The van der Waals surface area contributed by atoms with Crippen molar-refractivity contribution >= 4 is 17.7 Å². The first-order valence-electron chi connectivity index (χ1n) is 7.17. The molecule has 0 atom stereocenters. The fourth-order valence-corrected chi connectivity index (χ4v) is 3.01. The van der Waals surface area contributed by atoms with Crippen LogP contribution < -0.4 is 0 Å². The van der Waals surface area contributed by atoms with Gasteiger partial charge in [-0.3, -0.25) is 4.79 Å². The van der Waals surface area contributed by atoms with Gasteiger partial charge < -0.3 is 9.47 Å². The Hall–Kier alpha value is -1.82. The summed E-state index contributed by atoms with van der Waals surface area (Å²) in [6.45, 7) is 6.68. The second-order valence-corrected chi connectivity index (χ2v) is 6.50. The van der Waals surface area contributed by atoms with Crippen LogP contribution in [0.5, 0.6) is 0 Å². The van der Waals surface area contributed by atoms with Crippen LogP contribution in [0.1, 0.15) is 22.5 Å². The highest BCUT2D eigenvalue weighted by atomic mass is 32.2. The highest BCUT2D eigenvalue weighted by Gasteiger charge is 2.13. The summed E-state index contributed by atoms with van der Waals surface area (Å²) in [5.74, 6) is 1.30. The van der Waals surface area contributed by atoms with Gasteiger partial charge in [0.1, 0.15) is 5.82 Å². The Labute approximate surface area is 135 Å². The maximum atomic E-state index is 12.3. The molecular weight excluding hydrogens is 296 g/mol. The lowest BCUT2D eigenvalue weighted by Gasteiger charge is -2.18. The van der Waals surface area contributed by atoms with E-state index in [0.29, 0.717) is 12.3 Å². The Balaban J connectivity index is 1.93. The molecule has 0 saturated carbocycles. The normalized spacial score (nSPS) is 10.8. The van der Waals surface area contributed by atoms with Gasteiger partial charge in [0, 0.05) is 20.6 Å². The molecule has 0 aliphatic heterocycles. The Bertz CT molecular complexity index is 681. The Morgan fingerprint density at radius 3 is 2.59 bits per heavy atom. The monoisotopic (exact) mass is 318 g/mol. The van der Waals surface area contributed by atoms with Gasteiger partial charge in [-0.05, 0) is 31.9 Å². The zero-order valence-electron chi connectivity index (χ0n) is 13.8. The molecule has 1 amide bonds. The van der Waals surface area contributed by atoms with Gasteiger partial charge in [-0.1, -0.05) is 35.5 Å². The number of rotatable bonds is 5. The van der Waals surface area contributed by atoms with Crippen molar-refractivity contribution in [2.45, 2.75) is 32.5 Å². The minimum atomic E-state index is 0.0885. The van der Waals surface area contributed by atoms with Crippen LogP contribution >= 0.6 is 11.8 Å². The van der Waals surface area contributed by atoms with E-state index < -0.39 is 0 Å². The zero-order valence-corrected chi connectivity index (χ0v) is 14.6. The van der Waals surface area contributed by atoms with Crippen molar-refractivity contribution in [1.29, 1.82) is 0 Å². The molecule has 118 valence electrons. The minimum absolute atomic E-state index is 0.0885. The van der Waals surface area contributed by atoms with Gasteiger partial charge in [0.25, 0.3) is 0 Å². The summed E-state index contributed by atoms with van der Waals surface area (Å²) < 4.78 is 1.89. The average molecular weight is 318 g/mol. The van der Waals surface area contributed by atoms with E-state index in [9.17, 15) is 4.79 Å². The summed E-state index contributed by atoms with van der Waals surface area (Å²) in [4.78, 5) is 14.0. The van der Waals surface area contributed by atoms with Crippen LogP contribution in [0.25, 0.3) is 0 Å². The van der Waals surface area contributed by atoms with E-state index in [1.54, 1.807) is 4.90 Å². The number of amides is 1. The molecule has 0 spiro atoms.